The standard InChI is InChI=1S/C26H31FN6O4/c1-26(2,3)23(25(35)29-13-18-12-21(36-4)32-37-18)30-24(34)22-19-10-7-16(27)11-20(19)33(31-22)14-15-5-8-17(28)9-6-15/h5-11,18,23H,12-14,28H2,1-4H3,(H,29,35)(H,30,34). The first-order valence-electron chi connectivity index (χ1n) is 11.9. The highest BCUT2D eigenvalue weighted by molar-refractivity contribution is 6.06. The van der Waals surface area contributed by atoms with Gasteiger partial charge in [-0.15, -0.1) is 0 Å². The Balaban J connectivity index is 1.54. The van der Waals surface area contributed by atoms with E-state index in [1.807, 2.05) is 32.9 Å². The second-order valence-corrected chi connectivity index (χ2v) is 10.0. The van der Waals surface area contributed by atoms with Crippen LogP contribution in [0.5, 0.6) is 0 Å². The number of nitrogens with one attached hydrogen (secondary N) is 2. The summed E-state index contributed by atoms with van der Waals surface area (Å²) in [6.07, 6.45) is 0.0928. The quantitative estimate of drug-likeness (QED) is 0.419. The minimum Gasteiger partial charge on any atom is -0.482 e. The third kappa shape index (κ3) is 5.99. The Hall–Kier alpha value is -4.15. The Morgan fingerprint density at radius 3 is 2.62 bits per heavy atom. The van der Waals surface area contributed by atoms with Crippen LogP contribution in [-0.2, 0) is 20.9 Å². The lowest BCUT2D eigenvalue weighted by molar-refractivity contribution is -0.125. The molecule has 2 amide bonds. The van der Waals surface area contributed by atoms with E-state index in [0.29, 0.717) is 35.5 Å². The molecule has 0 saturated carbocycles. The second kappa shape index (κ2) is 10.5. The first-order valence-corrected chi connectivity index (χ1v) is 11.9. The predicted octanol–water partition coefficient (Wildman–Crippen LogP) is 2.82. The lowest BCUT2D eigenvalue weighted by atomic mass is 9.86. The number of ether oxygens (including phenoxy) is 1. The average Bonchev–Trinajstić information content (AvgIpc) is 3.46. The van der Waals surface area contributed by atoms with Crippen molar-refractivity contribution < 1.29 is 23.6 Å². The molecular weight excluding hydrogens is 479 g/mol. The highest BCUT2D eigenvalue weighted by Crippen LogP contribution is 2.24. The molecule has 0 spiro atoms. The molecule has 1 aromatic heterocycles. The van der Waals surface area contributed by atoms with Crippen molar-refractivity contribution in [1.82, 2.24) is 20.4 Å². The molecule has 1 aliphatic heterocycles. The van der Waals surface area contributed by atoms with E-state index in [9.17, 15) is 14.0 Å². The van der Waals surface area contributed by atoms with E-state index in [0.717, 1.165) is 5.56 Å². The van der Waals surface area contributed by atoms with Crippen molar-refractivity contribution in [2.45, 2.75) is 45.9 Å². The van der Waals surface area contributed by atoms with Crippen molar-refractivity contribution in [1.29, 1.82) is 0 Å². The number of hydrogen-bond donors (Lipinski definition) is 3. The third-order valence-corrected chi connectivity index (χ3v) is 6.09. The van der Waals surface area contributed by atoms with Crippen LogP contribution in [0.2, 0.25) is 0 Å². The minimum atomic E-state index is -0.873. The number of nitrogens with two attached hydrogens (primary N) is 1. The van der Waals surface area contributed by atoms with Crippen molar-refractivity contribution in [3.05, 3.63) is 59.5 Å². The molecule has 0 fully saturated rings. The van der Waals surface area contributed by atoms with Gasteiger partial charge in [-0.05, 0) is 41.3 Å². The number of oxime groups is 1. The van der Waals surface area contributed by atoms with Crippen LogP contribution >= 0.6 is 0 Å². The zero-order valence-electron chi connectivity index (χ0n) is 21.2. The first-order chi connectivity index (χ1) is 17.5. The van der Waals surface area contributed by atoms with Gasteiger partial charge in [-0.1, -0.05) is 38.1 Å². The van der Waals surface area contributed by atoms with Gasteiger partial charge in [-0.25, -0.2) is 4.39 Å². The van der Waals surface area contributed by atoms with Crippen LogP contribution in [0, 0.1) is 11.2 Å². The molecule has 37 heavy (non-hydrogen) atoms. The predicted molar refractivity (Wildman–Crippen MR) is 137 cm³/mol. The summed E-state index contributed by atoms with van der Waals surface area (Å²) in [6, 6.07) is 10.5. The normalized spacial score (nSPS) is 16.1. The Labute approximate surface area is 214 Å². The van der Waals surface area contributed by atoms with Gasteiger partial charge >= 0.3 is 0 Å². The van der Waals surface area contributed by atoms with Gasteiger partial charge in [0.25, 0.3) is 5.91 Å². The Morgan fingerprint density at radius 1 is 1.24 bits per heavy atom. The van der Waals surface area contributed by atoms with Crippen molar-refractivity contribution in [2.75, 3.05) is 19.4 Å². The number of nitrogens with zero attached hydrogens (tertiary/aromatic N) is 3. The van der Waals surface area contributed by atoms with Gasteiger partial charge in [0.2, 0.25) is 11.8 Å². The van der Waals surface area contributed by atoms with E-state index >= 15 is 0 Å². The summed E-state index contributed by atoms with van der Waals surface area (Å²) >= 11 is 0. The van der Waals surface area contributed by atoms with E-state index < -0.39 is 23.2 Å². The maximum Gasteiger partial charge on any atom is 0.273 e. The van der Waals surface area contributed by atoms with Crippen molar-refractivity contribution in [2.24, 2.45) is 10.6 Å². The summed E-state index contributed by atoms with van der Waals surface area (Å²) in [5, 5.41) is 14.4. The molecule has 10 nitrogen and oxygen atoms in total. The van der Waals surface area contributed by atoms with Crippen molar-refractivity contribution in [3.63, 3.8) is 0 Å². The van der Waals surface area contributed by atoms with E-state index in [-0.39, 0.29) is 24.2 Å². The molecule has 0 saturated heterocycles. The molecule has 3 aromatic rings. The SMILES string of the molecule is COC1=NOC(CNC(=O)C(NC(=O)c2nn(Cc3ccc(N)cc3)c3cc(F)ccc23)C(C)(C)C)C1. The lowest BCUT2D eigenvalue weighted by Gasteiger charge is -2.30. The summed E-state index contributed by atoms with van der Waals surface area (Å²) < 4.78 is 20.7. The summed E-state index contributed by atoms with van der Waals surface area (Å²) in [4.78, 5) is 31.8. The molecule has 11 heteroatoms. The number of methoxy groups -OCH3 is 1. The minimum absolute atomic E-state index is 0.102. The number of aromatic nitrogens is 2. The van der Waals surface area contributed by atoms with Crippen LogP contribution in [0.1, 0.15) is 43.2 Å². The molecule has 4 rings (SSSR count). The summed E-state index contributed by atoms with van der Waals surface area (Å²) in [7, 11) is 1.50. The van der Waals surface area contributed by atoms with Crippen LogP contribution in [-0.4, -0.2) is 53.3 Å². The van der Waals surface area contributed by atoms with Gasteiger partial charge < -0.3 is 25.9 Å². The smallest absolute Gasteiger partial charge is 0.273 e. The van der Waals surface area contributed by atoms with Crippen LogP contribution in [0.3, 0.4) is 0 Å². The lowest BCUT2D eigenvalue weighted by Crippen LogP contribution is -2.54. The number of carbonyl (C=O) groups is 2. The van der Waals surface area contributed by atoms with Gasteiger partial charge in [0.15, 0.2) is 11.8 Å². The zero-order valence-corrected chi connectivity index (χ0v) is 21.2. The van der Waals surface area contributed by atoms with E-state index in [2.05, 4.69) is 20.9 Å². The number of amides is 2. The summed E-state index contributed by atoms with van der Waals surface area (Å²) in [6.45, 7) is 6.06. The Bertz CT molecular complexity index is 1330. The number of rotatable bonds is 7. The molecule has 0 radical (unpaired) electrons. The largest absolute Gasteiger partial charge is 0.482 e. The fourth-order valence-corrected chi connectivity index (χ4v) is 4.06. The topological polar surface area (TPSA) is 133 Å². The number of carbonyl (C=O) groups excluding carboxylic acids is 2. The highest BCUT2D eigenvalue weighted by Gasteiger charge is 2.35. The van der Waals surface area contributed by atoms with Gasteiger partial charge in [0.1, 0.15) is 11.9 Å². The first kappa shape index (κ1) is 25.9. The molecule has 2 unspecified atom stereocenters. The van der Waals surface area contributed by atoms with Crippen LogP contribution in [0.25, 0.3) is 10.9 Å². The highest BCUT2D eigenvalue weighted by atomic mass is 19.1. The van der Waals surface area contributed by atoms with Crippen molar-refractivity contribution >= 4 is 34.3 Å². The van der Waals surface area contributed by atoms with Crippen LogP contribution in [0.4, 0.5) is 10.1 Å². The zero-order chi connectivity index (χ0) is 26.7. The molecule has 0 bridgehead atoms. The van der Waals surface area contributed by atoms with Crippen LogP contribution in [0.15, 0.2) is 47.6 Å². The molecular formula is C26H31FN6O4. The molecule has 2 atom stereocenters. The van der Waals surface area contributed by atoms with Gasteiger partial charge in [0, 0.05) is 11.1 Å². The summed E-state index contributed by atoms with van der Waals surface area (Å²) in [5.74, 6) is -0.894. The average molecular weight is 511 g/mol. The number of hydrogen-bond acceptors (Lipinski definition) is 7. The Morgan fingerprint density at radius 2 is 1.97 bits per heavy atom. The van der Waals surface area contributed by atoms with Crippen LogP contribution < -0.4 is 16.4 Å². The molecule has 2 aromatic carbocycles. The molecule has 4 N–H and O–H groups in total. The van der Waals surface area contributed by atoms with E-state index in [4.69, 9.17) is 15.3 Å². The third-order valence-electron chi connectivity index (χ3n) is 6.09. The van der Waals surface area contributed by atoms with Gasteiger partial charge in [0.05, 0.1) is 32.1 Å². The number of nitrogen functional groups attached to an aromatic ring is 1. The molecule has 0 aliphatic carbocycles. The fourth-order valence-electron chi connectivity index (χ4n) is 4.06. The maximum absolute atomic E-state index is 14.1. The number of halogens is 1. The molecule has 196 valence electrons. The van der Waals surface area contributed by atoms with Gasteiger partial charge in [-0.2, -0.15) is 5.10 Å². The maximum atomic E-state index is 14.1. The second-order valence-electron chi connectivity index (χ2n) is 10.0. The van der Waals surface area contributed by atoms with E-state index in [1.165, 1.54) is 25.3 Å². The monoisotopic (exact) mass is 510 g/mol. The van der Waals surface area contributed by atoms with Crippen molar-refractivity contribution in [3.8, 4) is 0 Å². The Kier molecular flexibility index (Phi) is 7.33. The van der Waals surface area contributed by atoms with E-state index in [1.54, 1.807) is 16.8 Å². The van der Waals surface area contributed by atoms with Gasteiger partial charge in [-0.3, -0.25) is 14.3 Å². The summed E-state index contributed by atoms with van der Waals surface area (Å²) in [5.41, 5.74) is 7.24. The number of anilines is 1. The molecule has 2 heterocycles. The fraction of sp³-hybridized carbons (Fsp3) is 0.385. The number of fused-ring (bicyclic) bond motifs is 1. The number of benzene rings is 2. The molecule has 1 aliphatic rings.